The van der Waals surface area contributed by atoms with E-state index in [1.54, 1.807) is 18.2 Å². The van der Waals surface area contributed by atoms with Crippen molar-refractivity contribution in [1.82, 2.24) is 20.0 Å². The fourth-order valence-electron chi connectivity index (χ4n) is 4.47. The van der Waals surface area contributed by atoms with Gasteiger partial charge in [0.1, 0.15) is 11.7 Å². The van der Waals surface area contributed by atoms with Crippen LogP contribution in [0.2, 0.25) is 0 Å². The second kappa shape index (κ2) is 8.57. The molecular weight excluding hydrogens is 465 g/mol. The molecule has 35 heavy (non-hydrogen) atoms. The van der Waals surface area contributed by atoms with E-state index in [9.17, 15) is 27.6 Å². The third kappa shape index (κ3) is 3.92. The Hall–Kier alpha value is -4.15. The van der Waals surface area contributed by atoms with Crippen LogP contribution in [0.25, 0.3) is 22.4 Å². The van der Waals surface area contributed by atoms with Crippen molar-refractivity contribution in [3.8, 4) is 28.1 Å². The number of nitrogens with zero attached hydrogens (tertiary/aromatic N) is 3. The number of halogens is 3. The first-order valence-corrected chi connectivity index (χ1v) is 10.8. The number of benzene rings is 2. The monoisotopic (exact) mass is 484 g/mol. The second-order valence-electron chi connectivity index (χ2n) is 8.27. The lowest BCUT2D eigenvalue weighted by atomic mass is 9.98. The van der Waals surface area contributed by atoms with Crippen molar-refractivity contribution in [1.29, 1.82) is 0 Å². The van der Waals surface area contributed by atoms with Crippen LogP contribution >= 0.6 is 0 Å². The van der Waals surface area contributed by atoms with Gasteiger partial charge >= 0.3 is 6.55 Å². The number of methoxy groups -OCH3 is 1. The molecule has 0 radical (unpaired) electrons. The lowest BCUT2D eigenvalue weighted by molar-refractivity contribution is -0.136. The maximum Gasteiger partial charge on any atom is 0.333 e. The first kappa shape index (κ1) is 22.6. The van der Waals surface area contributed by atoms with E-state index in [1.807, 2.05) is 0 Å². The molecule has 3 aromatic rings. The van der Waals surface area contributed by atoms with Gasteiger partial charge in [-0.25, -0.2) is 9.07 Å². The van der Waals surface area contributed by atoms with Crippen LogP contribution in [0.1, 0.15) is 35.3 Å². The molecule has 2 aliphatic rings. The number of hydrogen-bond donors (Lipinski definition) is 1. The van der Waals surface area contributed by atoms with E-state index in [4.69, 9.17) is 4.74 Å². The Morgan fingerprint density at radius 2 is 1.86 bits per heavy atom. The van der Waals surface area contributed by atoms with Crippen LogP contribution in [0.4, 0.5) is 13.2 Å². The molecule has 0 saturated carbocycles. The van der Waals surface area contributed by atoms with Crippen molar-refractivity contribution in [3.05, 3.63) is 59.5 Å². The van der Waals surface area contributed by atoms with Gasteiger partial charge in [-0.1, -0.05) is 6.07 Å². The fourth-order valence-corrected chi connectivity index (χ4v) is 4.47. The van der Waals surface area contributed by atoms with Gasteiger partial charge in [0.15, 0.2) is 11.6 Å². The number of piperidine rings is 1. The van der Waals surface area contributed by atoms with E-state index in [0.717, 1.165) is 6.07 Å². The summed E-state index contributed by atoms with van der Waals surface area (Å²) < 4.78 is 46.7. The van der Waals surface area contributed by atoms with Gasteiger partial charge in [-0.05, 0) is 47.9 Å². The lowest BCUT2D eigenvalue weighted by Gasteiger charge is -2.29. The maximum atomic E-state index is 14.3. The third-order valence-electron chi connectivity index (χ3n) is 6.19. The van der Waals surface area contributed by atoms with E-state index < -0.39 is 24.3 Å². The lowest BCUT2D eigenvalue weighted by Crippen LogP contribution is -2.52. The molecule has 1 aromatic heterocycles. The number of fused-ring (bicyclic) bond motifs is 1. The number of imide groups is 1. The zero-order valence-corrected chi connectivity index (χ0v) is 18.4. The molecule has 1 atom stereocenters. The Bertz CT molecular complexity index is 1370. The summed E-state index contributed by atoms with van der Waals surface area (Å²) in [6.07, 6.45) is 1.53. The van der Waals surface area contributed by atoms with Crippen LogP contribution in [-0.4, -0.2) is 45.6 Å². The first-order valence-electron chi connectivity index (χ1n) is 10.8. The van der Waals surface area contributed by atoms with Gasteiger partial charge in [-0.3, -0.25) is 19.7 Å². The highest BCUT2D eigenvalue weighted by Crippen LogP contribution is 2.37. The summed E-state index contributed by atoms with van der Waals surface area (Å²) in [4.78, 5) is 38.1. The highest BCUT2D eigenvalue weighted by Gasteiger charge is 2.39. The standard InChI is InChI=1S/C24H19F3N4O4/c1-35-19-6-3-13(9-17(19)25)21-16(11-31(29-21)24(26)27)12-2-4-15-14(8-12)10-30(23(15)34)18-5-7-20(32)28-22(18)33/h2-4,6,8-9,11,18,24H,5,7,10H2,1H3,(H,28,32,33). The Morgan fingerprint density at radius 1 is 1.09 bits per heavy atom. The minimum Gasteiger partial charge on any atom is -0.494 e. The molecule has 1 saturated heterocycles. The molecule has 2 aromatic carbocycles. The van der Waals surface area contributed by atoms with Crippen molar-refractivity contribution < 1.29 is 32.3 Å². The summed E-state index contributed by atoms with van der Waals surface area (Å²) in [6, 6.07) is 8.13. The van der Waals surface area contributed by atoms with E-state index in [2.05, 4.69) is 10.4 Å². The Labute approximate surface area is 197 Å². The van der Waals surface area contributed by atoms with Gasteiger partial charge in [-0.2, -0.15) is 13.9 Å². The molecule has 1 unspecified atom stereocenters. The summed E-state index contributed by atoms with van der Waals surface area (Å²) in [6.45, 7) is -2.78. The molecule has 180 valence electrons. The molecule has 3 heterocycles. The van der Waals surface area contributed by atoms with Crippen molar-refractivity contribution >= 4 is 17.7 Å². The number of amides is 3. The molecule has 0 spiro atoms. The largest absolute Gasteiger partial charge is 0.494 e. The summed E-state index contributed by atoms with van der Waals surface area (Å²) in [5.41, 5.74) is 2.23. The molecule has 0 bridgehead atoms. The molecule has 5 rings (SSSR count). The smallest absolute Gasteiger partial charge is 0.333 e. The summed E-state index contributed by atoms with van der Waals surface area (Å²) in [7, 11) is 1.32. The van der Waals surface area contributed by atoms with Crippen molar-refractivity contribution in [3.63, 3.8) is 0 Å². The number of nitrogens with one attached hydrogen (secondary N) is 1. The minimum absolute atomic E-state index is 0.00757. The molecule has 8 nitrogen and oxygen atoms in total. The number of ether oxygens (including phenoxy) is 1. The van der Waals surface area contributed by atoms with Gasteiger partial charge in [0.2, 0.25) is 11.8 Å². The molecule has 2 aliphatic heterocycles. The van der Waals surface area contributed by atoms with E-state index >= 15 is 0 Å². The van der Waals surface area contributed by atoms with Gasteiger partial charge in [-0.15, -0.1) is 0 Å². The Morgan fingerprint density at radius 3 is 2.54 bits per heavy atom. The van der Waals surface area contributed by atoms with Crippen LogP contribution in [-0.2, 0) is 16.1 Å². The zero-order valence-electron chi connectivity index (χ0n) is 18.4. The minimum atomic E-state index is -2.91. The SMILES string of the molecule is COc1ccc(-c2nn(C(F)F)cc2-c2ccc3c(c2)CN(C2CCC(=O)NC2=O)C3=O)cc1F. The number of carbonyl (C=O) groups is 3. The van der Waals surface area contributed by atoms with E-state index in [0.29, 0.717) is 26.9 Å². The summed E-state index contributed by atoms with van der Waals surface area (Å²) in [5, 5.41) is 6.21. The topological polar surface area (TPSA) is 93.5 Å². The highest BCUT2D eigenvalue weighted by atomic mass is 19.3. The average Bonchev–Trinajstić information content (AvgIpc) is 3.41. The molecule has 3 amide bonds. The third-order valence-corrected chi connectivity index (χ3v) is 6.19. The van der Waals surface area contributed by atoms with E-state index in [-0.39, 0.29) is 48.2 Å². The predicted molar refractivity (Wildman–Crippen MR) is 117 cm³/mol. The highest BCUT2D eigenvalue weighted by molar-refractivity contribution is 6.05. The van der Waals surface area contributed by atoms with Crippen molar-refractivity contribution in [2.75, 3.05) is 7.11 Å². The first-order chi connectivity index (χ1) is 16.8. The quantitative estimate of drug-likeness (QED) is 0.560. The van der Waals surface area contributed by atoms with Crippen LogP contribution in [0.15, 0.2) is 42.6 Å². The Kier molecular flexibility index (Phi) is 5.54. The van der Waals surface area contributed by atoms with Crippen molar-refractivity contribution in [2.24, 2.45) is 0 Å². The Balaban J connectivity index is 1.52. The van der Waals surface area contributed by atoms with Gasteiger partial charge in [0.25, 0.3) is 5.91 Å². The van der Waals surface area contributed by atoms with Gasteiger partial charge in [0.05, 0.1) is 7.11 Å². The van der Waals surface area contributed by atoms with Gasteiger partial charge < -0.3 is 9.64 Å². The fraction of sp³-hybridized carbons (Fsp3) is 0.250. The summed E-state index contributed by atoms with van der Waals surface area (Å²) >= 11 is 0. The number of hydrogen-bond acceptors (Lipinski definition) is 5. The molecule has 11 heteroatoms. The number of aromatic nitrogens is 2. The maximum absolute atomic E-state index is 14.3. The predicted octanol–water partition coefficient (Wildman–Crippen LogP) is 3.52. The van der Waals surface area contributed by atoms with Crippen LogP contribution in [0, 0.1) is 5.82 Å². The average molecular weight is 484 g/mol. The van der Waals surface area contributed by atoms with Gasteiger partial charge in [0, 0.05) is 35.9 Å². The van der Waals surface area contributed by atoms with Crippen molar-refractivity contribution in [2.45, 2.75) is 32.0 Å². The molecule has 1 N–H and O–H groups in total. The number of alkyl halides is 2. The zero-order chi connectivity index (χ0) is 24.9. The molecular formula is C24H19F3N4O4. The molecule has 1 fully saturated rings. The van der Waals surface area contributed by atoms with Crippen LogP contribution in [0.3, 0.4) is 0 Å². The molecule has 0 aliphatic carbocycles. The van der Waals surface area contributed by atoms with E-state index in [1.165, 1.54) is 30.3 Å². The second-order valence-corrected chi connectivity index (χ2v) is 8.27. The number of rotatable bonds is 5. The van der Waals surface area contributed by atoms with Crippen LogP contribution < -0.4 is 10.1 Å². The summed E-state index contributed by atoms with van der Waals surface area (Å²) in [5.74, 6) is -1.90. The normalized spacial score (nSPS) is 17.7. The number of carbonyl (C=O) groups excluding carboxylic acids is 3. The van der Waals surface area contributed by atoms with Crippen LogP contribution in [0.5, 0.6) is 5.75 Å².